The summed E-state index contributed by atoms with van der Waals surface area (Å²) < 4.78 is 14.8. The molecule has 0 aliphatic heterocycles. The Bertz CT molecular complexity index is 1010. The number of nitrogens with zero attached hydrogens (tertiary/aromatic N) is 2. The summed E-state index contributed by atoms with van der Waals surface area (Å²) in [6, 6.07) is 13.5. The Labute approximate surface area is 143 Å². The van der Waals surface area contributed by atoms with Gasteiger partial charge in [0.1, 0.15) is 12.4 Å². The molecule has 1 fully saturated rings. The molecule has 0 bridgehead atoms. The van der Waals surface area contributed by atoms with Gasteiger partial charge >= 0.3 is 0 Å². The maximum atomic E-state index is 13.3. The number of benzene rings is 2. The average molecular weight is 337 g/mol. The molecule has 1 aromatic heterocycles. The molecule has 2 aromatic carbocycles. The van der Waals surface area contributed by atoms with Crippen LogP contribution >= 0.6 is 0 Å². The lowest BCUT2D eigenvalue weighted by atomic mass is 10.1. The van der Waals surface area contributed by atoms with Gasteiger partial charge in [0.25, 0.3) is 0 Å². The van der Waals surface area contributed by atoms with Crippen molar-refractivity contribution in [1.82, 2.24) is 15.1 Å². The highest BCUT2D eigenvalue weighted by Crippen LogP contribution is 2.40. The second kappa shape index (κ2) is 6.12. The van der Waals surface area contributed by atoms with E-state index in [0.717, 1.165) is 12.0 Å². The standard InChI is InChI=1S/C19H16FN3O2/c20-13-5-3-4-12(8-13)15-9-16(15)22-19(25)11-23-17-7-2-1-6-14(17)18(24)10-21-23/h1-8,10,15-16H,9,11H2,(H,22,25)/t15-,16+/m0/s1. The summed E-state index contributed by atoms with van der Waals surface area (Å²) in [5.74, 6) is -0.290. The van der Waals surface area contributed by atoms with Crippen molar-refractivity contribution in [2.75, 3.05) is 0 Å². The number of nitrogens with one attached hydrogen (secondary N) is 1. The highest BCUT2D eigenvalue weighted by molar-refractivity contribution is 5.81. The van der Waals surface area contributed by atoms with Crippen molar-refractivity contribution < 1.29 is 9.18 Å². The minimum Gasteiger partial charge on any atom is -0.351 e. The lowest BCUT2D eigenvalue weighted by Crippen LogP contribution is -2.31. The Morgan fingerprint density at radius 1 is 1.24 bits per heavy atom. The predicted octanol–water partition coefficient (Wildman–Crippen LogP) is 2.21. The fourth-order valence-electron chi connectivity index (χ4n) is 3.14. The van der Waals surface area contributed by atoms with E-state index in [2.05, 4.69) is 10.4 Å². The van der Waals surface area contributed by atoms with Crippen LogP contribution in [0.4, 0.5) is 4.39 Å². The largest absolute Gasteiger partial charge is 0.351 e. The van der Waals surface area contributed by atoms with Gasteiger partial charge in [0.05, 0.1) is 11.7 Å². The molecular formula is C19H16FN3O2. The first-order valence-electron chi connectivity index (χ1n) is 8.11. The number of hydrogen-bond acceptors (Lipinski definition) is 3. The molecule has 1 heterocycles. The van der Waals surface area contributed by atoms with Gasteiger partial charge in [0.2, 0.25) is 11.3 Å². The molecule has 25 heavy (non-hydrogen) atoms. The van der Waals surface area contributed by atoms with Crippen molar-refractivity contribution in [2.45, 2.75) is 24.9 Å². The summed E-state index contributed by atoms with van der Waals surface area (Å²) in [6.45, 7) is 0.0349. The van der Waals surface area contributed by atoms with Gasteiger partial charge in [-0.05, 0) is 36.2 Å². The zero-order valence-electron chi connectivity index (χ0n) is 13.4. The molecule has 0 unspecified atom stereocenters. The van der Waals surface area contributed by atoms with Crippen molar-refractivity contribution in [1.29, 1.82) is 0 Å². The van der Waals surface area contributed by atoms with Crippen LogP contribution in [0.2, 0.25) is 0 Å². The summed E-state index contributed by atoms with van der Waals surface area (Å²) >= 11 is 0. The molecule has 4 rings (SSSR count). The van der Waals surface area contributed by atoms with Gasteiger partial charge in [-0.2, -0.15) is 5.10 Å². The van der Waals surface area contributed by atoms with Crippen LogP contribution in [0.15, 0.2) is 59.5 Å². The Hall–Kier alpha value is -3.02. The van der Waals surface area contributed by atoms with Crippen LogP contribution in [-0.4, -0.2) is 21.7 Å². The second-order valence-corrected chi connectivity index (χ2v) is 6.25. The summed E-state index contributed by atoms with van der Waals surface area (Å²) in [7, 11) is 0. The number of fused-ring (bicyclic) bond motifs is 1. The van der Waals surface area contributed by atoms with Gasteiger partial charge in [-0.3, -0.25) is 14.3 Å². The van der Waals surface area contributed by atoms with E-state index < -0.39 is 0 Å². The fourth-order valence-corrected chi connectivity index (χ4v) is 3.14. The minimum atomic E-state index is -0.265. The van der Waals surface area contributed by atoms with E-state index >= 15 is 0 Å². The number of amides is 1. The molecule has 1 aliphatic carbocycles. The Kier molecular flexibility index (Phi) is 3.80. The lowest BCUT2D eigenvalue weighted by Gasteiger charge is -2.10. The topological polar surface area (TPSA) is 64.0 Å². The van der Waals surface area contributed by atoms with Crippen LogP contribution in [0.3, 0.4) is 0 Å². The van der Waals surface area contributed by atoms with E-state index in [4.69, 9.17) is 0 Å². The van der Waals surface area contributed by atoms with Gasteiger partial charge < -0.3 is 5.32 Å². The van der Waals surface area contributed by atoms with Crippen LogP contribution in [0.25, 0.3) is 10.9 Å². The number of para-hydroxylation sites is 1. The molecular weight excluding hydrogens is 321 g/mol. The normalized spacial score (nSPS) is 18.9. The van der Waals surface area contributed by atoms with Gasteiger partial charge in [-0.25, -0.2) is 4.39 Å². The SMILES string of the molecule is O=C(Cn1ncc(=O)c2ccccc21)N[C@@H]1C[C@H]1c1cccc(F)c1. The predicted molar refractivity (Wildman–Crippen MR) is 91.7 cm³/mol. The molecule has 2 atom stereocenters. The quantitative estimate of drug-likeness (QED) is 0.794. The Morgan fingerprint density at radius 2 is 2.08 bits per heavy atom. The van der Waals surface area contributed by atoms with Crippen LogP contribution < -0.4 is 10.7 Å². The minimum absolute atomic E-state index is 0.0138. The van der Waals surface area contributed by atoms with E-state index in [-0.39, 0.29) is 35.7 Å². The first-order valence-corrected chi connectivity index (χ1v) is 8.11. The molecule has 0 saturated heterocycles. The highest BCUT2D eigenvalue weighted by Gasteiger charge is 2.39. The van der Waals surface area contributed by atoms with Crippen LogP contribution in [0.5, 0.6) is 0 Å². The van der Waals surface area contributed by atoms with Gasteiger partial charge in [-0.1, -0.05) is 24.3 Å². The van der Waals surface area contributed by atoms with E-state index in [0.29, 0.717) is 10.9 Å². The molecule has 0 radical (unpaired) electrons. The third-order valence-corrected chi connectivity index (χ3v) is 4.47. The third-order valence-electron chi connectivity index (χ3n) is 4.47. The number of halogens is 1. The van der Waals surface area contributed by atoms with E-state index in [1.165, 1.54) is 23.0 Å². The number of hydrogen-bond donors (Lipinski definition) is 1. The van der Waals surface area contributed by atoms with Crippen molar-refractivity contribution in [3.05, 3.63) is 76.3 Å². The molecule has 1 saturated carbocycles. The van der Waals surface area contributed by atoms with Gasteiger partial charge in [-0.15, -0.1) is 0 Å². The molecule has 1 amide bonds. The Morgan fingerprint density at radius 3 is 2.92 bits per heavy atom. The van der Waals surface area contributed by atoms with Crippen molar-refractivity contribution in [3.8, 4) is 0 Å². The first kappa shape index (κ1) is 15.5. The second-order valence-electron chi connectivity index (χ2n) is 6.25. The molecule has 1 N–H and O–H groups in total. The fraction of sp³-hybridized carbons (Fsp3) is 0.211. The van der Waals surface area contributed by atoms with Crippen molar-refractivity contribution >= 4 is 16.8 Å². The lowest BCUT2D eigenvalue weighted by molar-refractivity contribution is -0.121. The van der Waals surface area contributed by atoms with E-state index in [1.807, 2.05) is 6.07 Å². The highest BCUT2D eigenvalue weighted by atomic mass is 19.1. The number of aromatic nitrogens is 2. The van der Waals surface area contributed by atoms with Gasteiger partial charge in [0, 0.05) is 17.3 Å². The third kappa shape index (κ3) is 3.15. The van der Waals surface area contributed by atoms with Crippen molar-refractivity contribution in [2.24, 2.45) is 0 Å². The maximum absolute atomic E-state index is 13.3. The molecule has 6 heteroatoms. The maximum Gasteiger partial charge on any atom is 0.241 e. The smallest absolute Gasteiger partial charge is 0.241 e. The zero-order valence-corrected chi connectivity index (χ0v) is 13.4. The first-order chi connectivity index (χ1) is 12.1. The molecule has 1 aliphatic rings. The van der Waals surface area contributed by atoms with Crippen LogP contribution in [0, 0.1) is 5.82 Å². The summed E-state index contributed by atoms with van der Waals surface area (Å²) in [5.41, 5.74) is 1.36. The molecule has 126 valence electrons. The van der Waals surface area contributed by atoms with Gasteiger partial charge in [0.15, 0.2) is 0 Å². The molecule has 0 spiro atoms. The zero-order chi connectivity index (χ0) is 17.4. The summed E-state index contributed by atoms with van der Waals surface area (Å²) in [5, 5.41) is 7.54. The number of carbonyl (C=O) groups excluding carboxylic acids is 1. The average Bonchev–Trinajstić information content (AvgIpc) is 3.37. The van der Waals surface area contributed by atoms with E-state index in [1.54, 1.807) is 30.3 Å². The summed E-state index contributed by atoms with van der Waals surface area (Å²) in [6.07, 6.45) is 2.02. The number of carbonyl (C=O) groups is 1. The van der Waals surface area contributed by atoms with Crippen LogP contribution in [-0.2, 0) is 11.3 Å². The Balaban J connectivity index is 1.46. The summed E-state index contributed by atoms with van der Waals surface area (Å²) in [4.78, 5) is 24.1. The molecule has 3 aromatic rings. The van der Waals surface area contributed by atoms with E-state index in [9.17, 15) is 14.0 Å². The number of rotatable bonds is 4. The van der Waals surface area contributed by atoms with Crippen molar-refractivity contribution in [3.63, 3.8) is 0 Å². The monoisotopic (exact) mass is 337 g/mol. The van der Waals surface area contributed by atoms with Crippen LogP contribution in [0.1, 0.15) is 17.9 Å². The molecule has 5 nitrogen and oxygen atoms in total.